The summed E-state index contributed by atoms with van der Waals surface area (Å²) in [6, 6.07) is 3.57. The van der Waals surface area contributed by atoms with E-state index < -0.39 is 11.6 Å². The number of carbonyl (C=O) groups is 1. The molecule has 2 rings (SSSR count). The third-order valence-corrected chi connectivity index (χ3v) is 4.06. The molecule has 1 fully saturated rings. The molecule has 0 atom stereocenters. The van der Waals surface area contributed by atoms with Gasteiger partial charge in [-0.1, -0.05) is 19.8 Å². The zero-order valence-corrected chi connectivity index (χ0v) is 11.9. The van der Waals surface area contributed by atoms with E-state index in [1.807, 2.05) is 0 Å². The number of benzene rings is 1. The molecule has 0 amide bonds. The standard InChI is InChI=1S/C16H21F2NO/c1-2-19(15-5-3-4-6-15)8-7-16(20)12-9-13(17)11-14(18)10-12/h9-11,15H,2-8H2,1H3. The van der Waals surface area contributed by atoms with Gasteiger partial charge < -0.3 is 4.90 Å². The second kappa shape index (κ2) is 6.93. The lowest BCUT2D eigenvalue weighted by atomic mass is 10.1. The molecule has 1 aliphatic carbocycles. The van der Waals surface area contributed by atoms with Gasteiger partial charge in [0.2, 0.25) is 0 Å². The van der Waals surface area contributed by atoms with Gasteiger partial charge in [-0.3, -0.25) is 4.79 Å². The molecular formula is C16H21F2NO. The molecule has 1 aromatic carbocycles. The maximum Gasteiger partial charge on any atom is 0.164 e. The average molecular weight is 281 g/mol. The van der Waals surface area contributed by atoms with E-state index in [1.54, 1.807) is 0 Å². The molecule has 20 heavy (non-hydrogen) atoms. The Balaban J connectivity index is 1.93. The van der Waals surface area contributed by atoms with Crippen LogP contribution in [0.2, 0.25) is 0 Å². The summed E-state index contributed by atoms with van der Waals surface area (Å²) >= 11 is 0. The Morgan fingerprint density at radius 3 is 2.35 bits per heavy atom. The molecule has 110 valence electrons. The van der Waals surface area contributed by atoms with E-state index in [4.69, 9.17) is 0 Å². The first-order chi connectivity index (χ1) is 9.60. The summed E-state index contributed by atoms with van der Waals surface area (Å²) in [4.78, 5) is 14.3. The number of hydrogen-bond donors (Lipinski definition) is 0. The molecule has 0 unspecified atom stereocenters. The van der Waals surface area contributed by atoms with Crippen molar-refractivity contribution in [1.29, 1.82) is 0 Å². The van der Waals surface area contributed by atoms with Gasteiger partial charge in [-0.2, -0.15) is 0 Å². The van der Waals surface area contributed by atoms with Crippen molar-refractivity contribution in [3.05, 3.63) is 35.4 Å². The normalized spacial score (nSPS) is 16.0. The monoisotopic (exact) mass is 281 g/mol. The van der Waals surface area contributed by atoms with E-state index in [1.165, 1.54) is 25.7 Å². The Bertz CT molecular complexity index is 449. The Hall–Kier alpha value is -1.29. The largest absolute Gasteiger partial charge is 0.300 e. The van der Waals surface area contributed by atoms with Crippen molar-refractivity contribution >= 4 is 5.78 Å². The van der Waals surface area contributed by atoms with Gasteiger partial charge >= 0.3 is 0 Å². The molecule has 0 saturated heterocycles. The summed E-state index contributed by atoms with van der Waals surface area (Å²) in [5, 5.41) is 0. The summed E-state index contributed by atoms with van der Waals surface area (Å²) in [6.45, 7) is 3.66. The van der Waals surface area contributed by atoms with Crippen LogP contribution in [0, 0.1) is 11.6 Å². The van der Waals surface area contributed by atoms with Crippen LogP contribution in [-0.4, -0.2) is 29.8 Å². The first-order valence-electron chi connectivity index (χ1n) is 7.33. The van der Waals surface area contributed by atoms with Crippen molar-refractivity contribution < 1.29 is 13.6 Å². The second-order valence-corrected chi connectivity index (χ2v) is 5.40. The van der Waals surface area contributed by atoms with Crippen molar-refractivity contribution in [3.63, 3.8) is 0 Å². The van der Waals surface area contributed by atoms with Crippen LogP contribution in [0.1, 0.15) is 49.4 Å². The lowest BCUT2D eigenvalue weighted by Crippen LogP contribution is -2.34. The van der Waals surface area contributed by atoms with Crippen LogP contribution in [0.4, 0.5) is 8.78 Å². The number of Topliss-reactive ketones (excluding diaryl/α,β-unsaturated/α-hetero) is 1. The molecule has 0 spiro atoms. The van der Waals surface area contributed by atoms with Gasteiger partial charge in [0, 0.05) is 30.6 Å². The average Bonchev–Trinajstić information content (AvgIpc) is 2.92. The second-order valence-electron chi connectivity index (χ2n) is 5.40. The molecule has 0 aromatic heterocycles. The third kappa shape index (κ3) is 3.85. The topological polar surface area (TPSA) is 20.3 Å². The predicted molar refractivity (Wildman–Crippen MR) is 74.8 cm³/mol. The first-order valence-corrected chi connectivity index (χ1v) is 7.33. The number of halogens is 2. The highest BCUT2D eigenvalue weighted by molar-refractivity contribution is 5.96. The molecule has 0 aliphatic heterocycles. The van der Waals surface area contributed by atoms with E-state index in [9.17, 15) is 13.6 Å². The van der Waals surface area contributed by atoms with Crippen LogP contribution in [0.15, 0.2) is 18.2 Å². The SMILES string of the molecule is CCN(CCC(=O)c1cc(F)cc(F)c1)C1CCCC1. The Morgan fingerprint density at radius 1 is 1.20 bits per heavy atom. The molecule has 4 heteroatoms. The van der Waals surface area contributed by atoms with Gasteiger partial charge in [-0.15, -0.1) is 0 Å². The van der Waals surface area contributed by atoms with Gasteiger partial charge in [-0.05, 0) is 31.5 Å². The maximum absolute atomic E-state index is 13.1. The Kier molecular flexibility index (Phi) is 5.24. The van der Waals surface area contributed by atoms with E-state index in [0.717, 1.165) is 24.7 Å². The summed E-state index contributed by atoms with van der Waals surface area (Å²) in [6.07, 6.45) is 5.20. The third-order valence-electron chi connectivity index (χ3n) is 4.06. The van der Waals surface area contributed by atoms with Crippen molar-refractivity contribution in [1.82, 2.24) is 4.90 Å². The summed E-state index contributed by atoms with van der Waals surface area (Å²) in [5.41, 5.74) is 0.130. The molecule has 0 heterocycles. The minimum absolute atomic E-state index is 0.130. The lowest BCUT2D eigenvalue weighted by Gasteiger charge is -2.27. The first kappa shape index (κ1) is 15.1. The Labute approximate surface area is 118 Å². The van der Waals surface area contributed by atoms with Crippen molar-refractivity contribution in [2.45, 2.75) is 45.1 Å². The molecule has 0 N–H and O–H groups in total. The summed E-state index contributed by atoms with van der Waals surface area (Å²) in [7, 11) is 0. The van der Waals surface area contributed by atoms with Crippen LogP contribution in [0.3, 0.4) is 0 Å². The summed E-state index contributed by atoms with van der Waals surface area (Å²) in [5.74, 6) is -1.59. The molecule has 1 aromatic rings. The highest BCUT2D eigenvalue weighted by atomic mass is 19.1. The molecule has 1 saturated carbocycles. The van der Waals surface area contributed by atoms with Gasteiger partial charge in [-0.25, -0.2) is 8.78 Å². The van der Waals surface area contributed by atoms with Gasteiger partial charge in [0.05, 0.1) is 0 Å². The fraction of sp³-hybridized carbons (Fsp3) is 0.562. The van der Waals surface area contributed by atoms with Crippen LogP contribution in [0.25, 0.3) is 0 Å². The van der Waals surface area contributed by atoms with Crippen molar-refractivity contribution in [2.75, 3.05) is 13.1 Å². The van der Waals surface area contributed by atoms with Crippen molar-refractivity contribution in [2.24, 2.45) is 0 Å². The van der Waals surface area contributed by atoms with Crippen molar-refractivity contribution in [3.8, 4) is 0 Å². The number of ketones is 1. The molecule has 1 aliphatic rings. The van der Waals surface area contributed by atoms with Gasteiger partial charge in [0.1, 0.15) is 11.6 Å². The number of carbonyl (C=O) groups excluding carboxylic acids is 1. The van der Waals surface area contributed by atoms with Crippen LogP contribution in [0.5, 0.6) is 0 Å². The van der Waals surface area contributed by atoms with E-state index in [0.29, 0.717) is 19.0 Å². The highest BCUT2D eigenvalue weighted by Crippen LogP contribution is 2.23. The molecule has 2 nitrogen and oxygen atoms in total. The number of hydrogen-bond acceptors (Lipinski definition) is 2. The molecule has 0 radical (unpaired) electrons. The fourth-order valence-corrected chi connectivity index (χ4v) is 2.97. The smallest absolute Gasteiger partial charge is 0.164 e. The molecular weight excluding hydrogens is 260 g/mol. The predicted octanol–water partition coefficient (Wildman–Crippen LogP) is 3.80. The quantitative estimate of drug-likeness (QED) is 0.739. The number of rotatable bonds is 6. The Morgan fingerprint density at radius 2 is 1.80 bits per heavy atom. The number of nitrogens with zero attached hydrogens (tertiary/aromatic N) is 1. The summed E-state index contributed by atoms with van der Waals surface area (Å²) < 4.78 is 26.2. The van der Waals surface area contributed by atoms with Gasteiger partial charge in [0.25, 0.3) is 0 Å². The van der Waals surface area contributed by atoms with Crippen LogP contribution in [-0.2, 0) is 0 Å². The van der Waals surface area contributed by atoms with Crippen LogP contribution < -0.4 is 0 Å². The minimum atomic E-state index is -0.698. The van der Waals surface area contributed by atoms with E-state index in [2.05, 4.69) is 11.8 Å². The van der Waals surface area contributed by atoms with Gasteiger partial charge in [0.15, 0.2) is 5.78 Å². The van der Waals surface area contributed by atoms with E-state index >= 15 is 0 Å². The zero-order valence-electron chi connectivity index (χ0n) is 11.9. The maximum atomic E-state index is 13.1. The fourth-order valence-electron chi connectivity index (χ4n) is 2.97. The minimum Gasteiger partial charge on any atom is -0.300 e. The zero-order chi connectivity index (χ0) is 14.5. The highest BCUT2D eigenvalue weighted by Gasteiger charge is 2.22. The van der Waals surface area contributed by atoms with E-state index in [-0.39, 0.29) is 11.3 Å². The lowest BCUT2D eigenvalue weighted by molar-refractivity contribution is 0.0952. The molecule has 0 bridgehead atoms. The van der Waals surface area contributed by atoms with Crippen LogP contribution >= 0.6 is 0 Å².